The van der Waals surface area contributed by atoms with Crippen LogP contribution < -0.4 is 4.74 Å². The molecule has 1 aromatic carbocycles. The van der Waals surface area contributed by atoms with E-state index in [0.717, 1.165) is 11.6 Å². The number of methoxy groups -OCH3 is 1. The van der Waals surface area contributed by atoms with E-state index in [2.05, 4.69) is 4.98 Å². The summed E-state index contributed by atoms with van der Waals surface area (Å²) in [6.07, 6.45) is -1.30. The molecule has 0 amide bonds. The molecule has 0 fully saturated rings. The predicted molar refractivity (Wildman–Crippen MR) is 72.2 cm³/mol. The van der Waals surface area contributed by atoms with Gasteiger partial charge in [0.2, 0.25) is 0 Å². The fourth-order valence-corrected chi connectivity index (χ4v) is 2.14. The van der Waals surface area contributed by atoms with E-state index in [1.807, 2.05) is 0 Å². The van der Waals surface area contributed by atoms with Crippen molar-refractivity contribution in [1.29, 1.82) is 0 Å². The van der Waals surface area contributed by atoms with Gasteiger partial charge < -0.3 is 9.14 Å². The maximum Gasteiger partial charge on any atom is 0.419 e. The lowest BCUT2D eigenvalue weighted by Gasteiger charge is -2.06. The van der Waals surface area contributed by atoms with Crippen LogP contribution >= 0.6 is 0 Å². The van der Waals surface area contributed by atoms with Gasteiger partial charge in [0.1, 0.15) is 11.4 Å². The number of hydrogen-bond donors (Lipinski definition) is 0. The predicted octanol–water partition coefficient (Wildman–Crippen LogP) is 4.03. The molecule has 2 heterocycles. The van der Waals surface area contributed by atoms with E-state index in [9.17, 15) is 13.2 Å². The molecule has 0 radical (unpaired) electrons. The van der Waals surface area contributed by atoms with Gasteiger partial charge in [-0.1, -0.05) is 0 Å². The van der Waals surface area contributed by atoms with E-state index in [1.54, 1.807) is 43.8 Å². The zero-order valence-corrected chi connectivity index (χ0v) is 11.1. The van der Waals surface area contributed by atoms with Crippen LogP contribution in [0.1, 0.15) is 5.56 Å². The molecule has 108 valence electrons. The summed E-state index contributed by atoms with van der Waals surface area (Å²) >= 11 is 0. The van der Waals surface area contributed by atoms with E-state index in [0.29, 0.717) is 11.4 Å². The van der Waals surface area contributed by atoms with Crippen LogP contribution in [-0.2, 0) is 6.18 Å². The van der Waals surface area contributed by atoms with Crippen LogP contribution in [-0.4, -0.2) is 16.5 Å². The van der Waals surface area contributed by atoms with Gasteiger partial charge in [-0.2, -0.15) is 13.2 Å². The number of imidazole rings is 1. The van der Waals surface area contributed by atoms with Gasteiger partial charge in [0.25, 0.3) is 0 Å². The smallest absolute Gasteiger partial charge is 0.419 e. The highest BCUT2D eigenvalue weighted by Gasteiger charge is 2.33. The average molecular weight is 292 g/mol. The molecular weight excluding hydrogens is 281 g/mol. The Kier molecular flexibility index (Phi) is 3.08. The van der Waals surface area contributed by atoms with Crippen LogP contribution in [0.15, 0.2) is 48.8 Å². The van der Waals surface area contributed by atoms with Crippen LogP contribution in [0.2, 0.25) is 0 Å². The van der Waals surface area contributed by atoms with Crippen LogP contribution in [0.5, 0.6) is 5.75 Å². The van der Waals surface area contributed by atoms with Gasteiger partial charge in [-0.3, -0.25) is 0 Å². The SMILES string of the molecule is COc1ccc(-c2cn3cccc(C(F)(F)F)c3n2)cc1. The lowest BCUT2D eigenvalue weighted by atomic mass is 10.2. The summed E-state index contributed by atoms with van der Waals surface area (Å²) in [5.41, 5.74) is 0.363. The fourth-order valence-electron chi connectivity index (χ4n) is 2.14. The van der Waals surface area contributed by atoms with Crippen molar-refractivity contribution in [3.05, 3.63) is 54.4 Å². The first kappa shape index (κ1) is 13.5. The summed E-state index contributed by atoms with van der Waals surface area (Å²) in [6, 6.07) is 9.38. The molecule has 3 rings (SSSR count). The molecule has 0 saturated carbocycles. The molecule has 6 heteroatoms. The summed E-state index contributed by atoms with van der Waals surface area (Å²) in [7, 11) is 1.55. The molecule has 2 aromatic heterocycles. The van der Waals surface area contributed by atoms with Crippen molar-refractivity contribution in [3.8, 4) is 17.0 Å². The number of benzene rings is 1. The second-order valence-electron chi connectivity index (χ2n) is 4.51. The molecule has 21 heavy (non-hydrogen) atoms. The number of aromatic nitrogens is 2. The van der Waals surface area contributed by atoms with Gasteiger partial charge >= 0.3 is 6.18 Å². The minimum absolute atomic E-state index is 0.101. The minimum Gasteiger partial charge on any atom is -0.497 e. The minimum atomic E-state index is -4.43. The molecule has 0 bridgehead atoms. The first-order valence-corrected chi connectivity index (χ1v) is 6.18. The molecular formula is C15H11F3N2O. The van der Waals surface area contributed by atoms with Crippen molar-refractivity contribution < 1.29 is 17.9 Å². The quantitative estimate of drug-likeness (QED) is 0.713. The van der Waals surface area contributed by atoms with Gasteiger partial charge in [-0.25, -0.2) is 4.98 Å². The molecule has 0 aliphatic heterocycles. The Morgan fingerprint density at radius 3 is 2.43 bits per heavy atom. The second kappa shape index (κ2) is 4.80. The summed E-state index contributed by atoms with van der Waals surface area (Å²) in [5, 5.41) is 0. The average Bonchev–Trinajstić information content (AvgIpc) is 2.90. The van der Waals surface area contributed by atoms with Crippen molar-refractivity contribution in [1.82, 2.24) is 9.38 Å². The summed E-state index contributed by atoms with van der Waals surface area (Å²) < 4.78 is 45.3. The maximum atomic E-state index is 13.0. The molecule has 0 N–H and O–H groups in total. The van der Waals surface area contributed by atoms with Crippen LogP contribution in [0.3, 0.4) is 0 Å². The van der Waals surface area contributed by atoms with E-state index in [1.165, 1.54) is 10.5 Å². The number of fused-ring (bicyclic) bond motifs is 1. The number of halogens is 3. The number of nitrogens with zero attached hydrogens (tertiary/aromatic N) is 2. The number of ether oxygens (including phenoxy) is 1. The van der Waals surface area contributed by atoms with Gasteiger partial charge in [0.05, 0.1) is 18.4 Å². The van der Waals surface area contributed by atoms with Gasteiger partial charge in [-0.15, -0.1) is 0 Å². The van der Waals surface area contributed by atoms with Crippen LogP contribution in [0, 0.1) is 0 Å². The first-order chi connectivity index (χ1) is 9.99. The van der Waals surface area contributed by atoms with Crippen molar-refractivity contribution >= 4 is 5.65 Å². The largest absolute Gasteiger partial charge is 0.497 e. The number of rotatable bonds is 2. The standard InChI is InChI=1S/C15H11F3N2O/c1-21-11-6-4-10(5-7-11)13-9-20-8-2-3-12(14(20)19-13)15(16,17)18/h2-9H,1H3. The van der Waals surface area contributed by atoms with Crippen molar-refractivity contribution in [2.45, 2.75) is 6.18 Å². The first-order valence-electron chi connectivity index (χ1n) is 6.18. The third-order valence-corrected chi connectivity index (χ3v) is 3.17. The number of hydrogen-bond acceptors (Lipinski definition) is 2. The van der Waals surface area contributed by atoms with Gasteiger partial charge in [-0.05, 0) is 36.4 Å². The highest BCUT2D eigenvalue weighted by Crippen LogP contribution is 2.33. The summed E-state index contributed by atoms with van der Waals surface area (Å²) in [4.78, 5) is 4.11. The monoisotopic (exact) mass is 292 g/mol. The molecule has 3 nitrogen and oxygen atoms in total. The molecule has 0 atom stereocenters. The lowest BCUT2D eigenvalue weighted by Crippen LogP contribution is -2.07. The van der Waals surface area contributed by atoms with E-state index in [-0.39, 0.29) is 5.65 Å². The summed E-state index contributed by atoms with van der Waals surface area (Å²) in [5.74, 6) is 0.679. The number of alkyl halides is 3. The zero-order valence-electron chi connectivity index (χ0n) is 11.1. The topological polar surface area (TPSA) is 26.5 Å². The molecule has 0 spiro atoms. The molecule has 0 unspecified atom stereocenters. The highest BCUT2D eigenvalue weighted by molar-refractivity contribution is 5.65. The van der Waals surface area contributed by atoms with Crippen molar-refractivity contribution in [2.24, 2.45) is 0 Å². The third-order valence-electron chi connectivity index (χ3n) is 3.17. The summed E-state index contributed by atoms with van der Waals surface area (Å²) in [6.45, 7) is 0. The van der Waals surface area contributed by atoms with Gasteiger partial charge in [0.15, 0.2) is 0 Å². The molecule has 0 saturated heterocycles. The lowest BCUT2D eigenvalue weighted by molar-refractivity contribution is -0.136. The van der Waals surface area contributed by atoms with Crippen molar-refractivity contribution in [2.75, 3.05) is 7.11 Å². The van der Waals surface area contributed by atoms with E-state index < -0.39 is 11.7 Å². The van der Waals surface area contributed by atoms with Crippen LogP contribution in [0.4, 0.5) is 13.2 Å². The highest BCUT2D eigenvalue weighted by atomic mass is 19.4. The van der Waals surface area contributed by atoms with Crippen LogP contribution in [0.25, 0.3) is 16.9 Å². The second-order valence-corrected chi connectivity index (χ2v) is 4.51. The van der Waals surface area contributed by atoms with Gasteiger partial charge in [0, 0.05) is 18.0 Å². The Hall–Kier alpha value is -2.50. The Morgan fingerprint density at radius 1 is 1.10 bits per heavy atom. The third kappa shape index (κ3) is 2.44. The number of pyridine rings is 1. The normalized spacial score (nSPS) is 11.8. The Labute approximate surface area is 118 Å². The Balaban J connectivity index is 2.12. The Morgan fingerprint density at radius 2 is 1.81 bits per heavy atom. The molecule has 0 aliphatic carbocycles. The fraction of sp³-hybridized carbons (Fsp3) is 0.133. The zero-order chi connectivity index (χ0) is 15.0. The van der Waals surface area contributed by atoms with E-state index >= 15 is 0 Å². The van der Waals surface area contributed by atoms with Crippen molar-refractivity contribution in [3.63, 3.8) is 0 Å². The molecule has 0 aliphatic rings. The Bertz CT molecular complexity index is 776. The maximum absolute atomic E-state index is 13.0. The van der Waals surface area contributed by atoms with E-state index in [4.69, 9.17) is 4.74 Å². The molecule has 3 aromatic rings.